The number of nitrogens with one attached hydrogen (secondary N) is 1. The molecule has 1 heterocycles. The van der Waals surface area contributed by atoms with E-state index in [1.54, 1.807) is 0 Å². The summed E-state index contributed by atoms with van der Waals surface area (Å²) in [6.07, 6.45) is 2.41. The highest BCUT2D eigenvalue weighted by Gasteiger charge is 2.13. The molecule has 0 amide bonds. The molecule has 0 aliphatic carbocycles. The van der Waals surface area contributed by atoms with E-state index in [0.29, 0.717) is 12.3 Å². The van der Waals surface area contributed by atoms with Crippen LogP contribution in [0.4, 0.5) is 5.82 Å². The van der Waals surface area contributed by atoms with Gasteiger partial charge in [0.1, 0.15) is 5.82 Å². The molecular weight excluding hydrogens is 248 g/mol. The molecule has 0 atom stereocenters. The Labute approximate surface area is 120 Å². The fourth-order valence-corrected chi connectivity index (χ4v) is 2.34. The van der Waals surface area contributed by atoms with Gasteiger partial charge in [0.25, 0.3) is 0 Å². The molecule has 0 bridgehead atoms. The Kier molecular flexibility index (Phi) is 4.56. The predicted octanol–water partition coefficient (Wildman–Crippen LogP) is 3.02. The Bertz CT molecular complexity index is 587. The number of hydrogen-bond acceptors (Lipinski definition) is 3. The molecule has 4 nitrogen and oxygen atoms in total. The third-order valence-corrected chi connectivity index (χ3v) is 3.19. The van der Waals surface area contributed by atoms with Gasteiger partial charge in [-0.15, -0.1) is 0 Å². The maximum Gasteiger partial charge on any atom is 0.136 e. The summed E-state index contributed by atoms with van der Waals surface area (Å²) in [5.41, 5.74) is 5.50. The normalized spacial score (nSPS) is 10.9. The first-order valence-corrected chi connectivity index (χ1v) is 6.99. The summed E-state index contributed by atoms with van der Waals surface area (Å²) in [7, 11) is 0. The largest absolute Gasteiger partial charge is 0.388 e. The van der Waals surface area contributed by atoms with Crippen molar-refractivity contribution in [1.29, 1.82) is 5.41 Å². The van der Waals surface area contributed by atoms with Gasteiger partial charge < -0.3 is 10.6 Å². The minimum absolute atomic E-state index is 0.221. The molecule has 0 aliphatic rings. The second kappa shape index (κ2) is 6.37. The number of fused-ring (bicyclic) bond motifs is 1. The average Bonchev–Trinajstić information content (AvgIpc) is 2.42. The number of hydrogen-bond donors (Lipinski definition) is 2. The lowest BCUT2D eigenvalue weighted by Crippen LogP contribution is -2.32. The van der Waals surface area contributed by atoms with E-state index in [2.05, 4.69) is 35.9 Å². The quantitative estimate of drug-likeness (QED) is 0.626. The van der Waals surface area contributed by atoms with E-state index in [0.717, 1.165) is 24.3 Å². The van der Waals surface area contributed by atoms with Crippen LogP contribution in [0.15, 0.2) is 36.5 Å². The van der Waals surface area contributed by atoms with Gasteiger partial charge in [0, 0.05) is 31.1 Å². The van der Waals surface area contributed by atoms with Crippen LogP contribution in [0.3, 0.4) is 0 Å². The number of aromatic nitrogens is 1. The Hall–Kier alpha value is -2.10. The van der Waals surface area contributed by atoms with Crippen LogP contribution >= 0.6 is 0 Å². The van der Waals surface area contributed by atoms with Gasteiger partial charge in [-0.1, -0.05) is 38.1 Å². The Morgan fingerprint density at radius 2 is 2.05 bits per heavy atom. The summed E-state index contributed by atoms with van der Waals surface area (Å²) in [4.78, 5) is 6.78. The van der Waals surface area contributed by atoms with Gasteiger partial charge in [0.05, 0.1) is 5.84 Å². The van der Waals surface area contributed by atoms with Crippen LogP contribution in [0, 0.1) is 11.3 Å². The highest BCUT2D eigenvalue weighted by Crippen LogP contribution is 2.24. The number of rotatable bonds is 6. The van der Waals surface area contributed by atoms with Gasteiger partial charge in [0.2, 0.25) is 0 Å². The van der Waals surface area contributed by atoms with E-state index in [1.807, 2.05) is 24.4 Å². The number of pyridine rings is 1. The fraction of sp³-hybridized carbons (Fsp3) is 0.375. The van der Waals surface area contributed by atoms with Crippen molar-refractivity contribution in [3.05, 3.63) is 36.5 Å². The van der Waals surface area contributed by atoms with Gasteiger partial charge in [-0.3, -0.25) is 5.41 Å². The fourth-order valence-electron chi connectivity index (χ4n) is 2.34. The zero-order valence-corrected chi connectivity index (χ0v) is 12.1. The van der Waals surface area contributed by atoms with Crippen molar-refractivity contribution in [1.82, 2.24) is 4.98 Å². The number of nitrogens with zero attached hydrogens (tertiary/aromatic N) is 2. The molecule has 1 aromatic carbocycles. The summed E-state index contributed by atoms with van der Waals surface area (Å²) < 4.78 is 0. The smallest absolute Gasteiger partial charge is 0.136 e. The number of benzene rings is 1. The van der Waals surface area contributed by atoms with Crippen molar-refractivity contribution >= 4 is 22.4 Å². The minimum atomic E-state index is 0.221. The van der Waals surface area contributed by atoms with E-state index < -0.39 is 0 Å². The molecule has 0 saturated heterocycles. The molecule has 2 aromatic rings. The molecule has 0 fully saturated rings. The van der Waals surface area contributed by atoms with Crippen LogP contribution in [0.1, 0.15) is 20.3 Å². The molecule has 20 heavy (non-hydrogen) atoms. The van der Waals surface area contributed by atoms with Crippen molar-refractivity contribution in [2.45, 2.75) is 20.3 Å². The molecule has 0 radical (unpaired) electrons. The Morgan fingerprint density at radius 3 is 2.75 bits per heavy atom. The lowest BCUT2D eigenvalue weighted by Gasteiger charge is -2.26. The number of amidine groups is 1. The summed E-state index contributed by atoms with van der Waals surface area (Å²) in [6.45, 7) is 6.01. The highest BCUT2D eigenvalue weighted by molar-refractivity contribution is 5.92. The third-order valence-electron chi connectivity index (χ3n) is 3.19. The highest BCUT2D eigenvalue weighted by atomic mass is 15.2. The third kappa shape index (κ3) is 3.47. The zero-order chi connectivity index (χ0) is 14.5. The first-order chi connectivity index (χ1) is 9.58. The SMILES string of the molecule is CC(C)CN(CCC(=N)N)c1nccc2ccccc12. The topological polar surface area (TPSA) is 66.0 Å². The standard InChI is InChI=1S/C16H22N4/c1-12(2)11-20(10-8-15(17)18)16-14-6-4-3-5-13(14)7-9-19-16/h3-7,9,12H,8,10-11H2,1-2H3,(H3,17,18). The van der Waals surface area contributed by atoms with E-state index in [1.165, 1.54) is 5.39 Å². The number of nitrogens with two attached hydrogens (primary N) is 1. The van der Waals surface area contributed by atoms with Crippen molar-refractivity contribution in [3.8, 4) is 0 Å². The molecule has 106 valence electrons. The van der Waals surface area contributed by atoms with Gasteiger partial charge in [-0.05, 0) is 17.4 Å². The van der Waals surface area contributed by atoms with Gasteiger partial charge in [-0.2, -0.15) is 0 Å². The lowest BCUT2D eigenvalue weighted by molar-refractivity contribution is 0.610. The van der Waals surface area contributed by atoms with Crippen molar-refractivity contribution in [2.75, 3.05) is 18.0 Å². The van der Waals surface area contributed by atoms with Crippen LogP contribution in [0.5, 0.6) is 0 Å². The first kappa shape index (κ1) is 14.3. The maximum absolute atomic E-state index is 7.43. The maximum atomic E-state index is 7.43. The van der Waals surface area contributed by atoms with Crippen LogP contribution in [0.25, 0.3) is 10.8 Å². The second-order valence-corrected chi connectivity index (χ2v) is 5.47. The molecule has 0 saturated carbocycles. The summed E-state index contributed by atoms with van der Waals surface area (Å²) in [5.74, 6) is 1.74. The van der Waals surface area contributed by atoms with E-state index >= 15 is 0 Å². The van der Waals surface area contributed by atoms with Crippen LogP contribution in [-0.4, -0.2) is 23.9 Å². The van der Waals surface area contributed by atoms with Crippen molar-refractivity contribution < 1.29 is 0 Å². The van der Waals surface area contributed by atoms with Crippen molar-refractivity contribution in [3.63, 3.8) is 0 Å². The van der Waals surface area contributed by atoms with Gasteiger partial charge in [0.15, 0.2) is 0 Å². The molecule has 0 unspecified atom stereocenters. The Morgan fingerprint density at radius 1 is 1.30 bits per heavy atom. The second-order valence-electron chi connectivity index (χ2n) is 5.47. The predicted molar refractivity (Wildman–Crippen MR) is 85.3 cm³/mol. The first-order valence-electron chi connectivity index (χ1n) is 6.99. The monoisotopic (exact) mass is 270 g/mol. The average molecular weight is 270 g/mol. The molecule has 3 N–H and O–H groups in total. The van der Waals surface area contributed by atoms with Crippen LogP contribution < -0.4 is 10.6 Å². The molecule has 4 heteroatoms. The lowest BCUT2D eigenvalue weighted by atomic mass is 10.1. The zero-order valence-electron chi connectivity index (χ0n) is 12.1. The molecule has 2 rings (SSSR count). The van der Waals surface area contributed by atoms with E-state index in [4.69, 9.17) is 11.1 Å². The molecular formula is C16H22N4. The van der Waals surface area contributed by atoms with Gasteiger partial charge >= 0.3 is 0 Å². The summed E-state index contributed by atoms with van der Waals surface area (Å²) in [5, 5.41) is 9.77. The van der Waals surface area contributed by atoms with Crippen LogP contribution in [0.2, 0.25) is 0 Å². The van der Waals surface area contributed by atoms with Gasteiger partial charge in [-0.25, -0.2) is 4.98 Å². The molecule has 0 aliphatic heterocycles. The molecule has 1 aromatic heterocycles. The number of anilines is 1. The Balaban J connectivity index is 2.36. The molecule has 0 spiro atoms. The minimum Gasteiger partial charge on any atom is -0.388 e. The summed E-state index contributed by atoms with van der Waals surface area (Å²) >= 11 is 0. The van der Waals surface area contributed by atoms with E-state index in [9.17, 15) is 0 Å². The van der Waals surface area contributed by atoms with Crippen molar-refractivity contribution in [2.24, 2.45) is 11.7 Å². The summed E-state index contributed by atoms with van der Waals surface area (Å²) in [6, 6.07) is 10.3. The van der Waals surface area contributed by atoms with E-state index in [-0.39, 0.29) is 5.84 Å². The van der Waals surface area contributed by atoms with Crippen LogP contribution in [-0.2, 0) is 0 Å².